The summed E-state index contributed by atoms with van der Waals surface area (Å²) in [7, 11) is 0. The third kappa shape index (κ3) is 63.1. The van der Waals surface area contributed by atoms with Crippen molar-refractivity contribution in [3.63, 3.8) is 0 Å². The summed E-state index contributed by atoms with van der Waals surface area (Å²) in [6.07, 6.45) is 1.15. The predicted octanol–water partition coefficient (Wildman–Crippen LogP) is 0.0548. The van der Waals surface area contributed by atoms with Gasteiger partial charge in [0.2, 0.25) is 0 Å². The number of hydrogen-bond acceptors (Lipinski definition) is 3. The van der Waals surface area contributed by atoms with Crippen LogP contribution in [0.1, 0.15) is 60.8 Å². The summed E-state index contributed by atoms with van der Waals surface area (Å²) >= 11 is 0. The molecule has 3 nitrogen and oxygen atoms in total. The van der Waals surface area contributed by atoms with Gasteiger partial charge in [-0.15, -0.1) is 18.3 Å². The van der Waals surface area contributed by atoms with E-state index < -0.39 is 0 Å². The average Bonchev–Trinajstić information content (AvgIpc) is 2.19. The molecule has 0 bridgehead atoms. The van der Waals surface area contributed by atoms with Gasteiger partial charge in [-0.05, 0) is 0 Å². The van der Waals surface area contributed by atoms with E-state index in [1.165, 1.54) is 0 Å². The van der Waals surface area contributed by atoms with Gasteiger partial charge < -0.3 is 15.3 Å². The summed E-state index contributed by atoms with van der Waals surface area (Å²) in [5, 5.41) is 29.7. The van der Waals surface area contributed by atoms with E-state index in [-0.39, 0.29) is 35.7 Å². The first kappa shape index (κ1) is 25.3. The van der Waals surface area contributed by atoms with E-state index in [1.807, 2.05) is 20.8 Å². The molecule has 16 heavy (non-hydrogen) atoms. The summed E-state index contributed by atoms with van der Waals surface area (Å²) in [6.45, 7) is 10.7. The molecule has 4 heteroatoms. The second-order valence-electron chi connectivity index (χ2n) is 3.66. The molecule has 0 radical (unpaired) electrons. The molecule has 0 aromatic heterocycles. The van der Waals surface area contributed by atoms with Crippen LogP contribution in [0.15, 0.2) is 0 Å². The van der Waals surface area contributed by atoms with Crippen molar-refractivity contribution < 1.29 is 15.3 Å². The molecule has 0 unspecified atom stereocenters. The van der Waals surface area contributed by atoms with Crippen LogP contribution in [0.2, 0.25) is 0 Å². The Bertz CT molecular complexity index is 77.2. The number of hydrogen-bond donors (Lipinski definition) is 0. The minimum absolute atomic E-state index is 0. The predicted molar refractivity (Wildman–Crippen MR) is 65.0 cm³/mol. The molecule has 0 fully saturated rings. The average molecular weight is 246 g/mol. The number of rotatable bonds is 3. The molecule has 0 aromatic rings. The SMILES string of the molecule is CC[C@H](C)[O-].CC[C@H](C)[O-].CC[C@H](C)[O-].[Al+3]. The Morgan fingerprint density at radius 2 is 0.688 bits per heavy atom. The molecule has 0 N–H and O–H groups in total. The van der Waals surface area contributed by atoms with Crippen LogP contribution in [0.25, 0.3) is 0 Å². The van der Waals surface area contributed by atoms with Gasteiger partial charge in [0.25, 0.3) is 0 Å². The van der Waals surface area contributed by atoms with E-state index in [1.54, 1.807) is 20.8 Å². The maximum absolute atomic E-state index is 9.90. The molecule has 0 saturated heterocycles. The van der Waals surface area contributed by atoms with E-state index in [0.717, 1.165) is 19.3 Å². The van der Waals surface area contributed by atoms with Crippen molar-refractivity contribution >= 4 is 17.4 Å². The monoisotopic (exact) mass is 246 g/mol. The maximum Gasteiger partial charge on any atom is 3.00 e. The van der Waals surface area contributed by atoms with Gasteiger partial charge in [-0.3, -0.25) is 0 Å². The molecule has 0 aliphatic carbocycles. The molecule has 0 aliphatic heterocycles. The zero-order valence-electron chi connectivity index (χ0n) is 11.7. The van der Waals surface area contributed by atoms with E-state index in [4.69, 9.17) is 0 Å². The fourth-order valence-corrected chi connectivity index (χ4v) is 0. The van der Waals surface area contributed by atoms with E-state index >= 15 is 0 Å². The zero-order chi connectivity index (χ0) is 12.9. The van der Waals surface area contributed by atoms with Crippen LogP contribution >= 0.6 is 0 Å². The third-order valence-corrected chi connectivity index (χ3v) is 1.72. The molecule has 0 aliphatic rings. The fraction of sp³-hybridized carbons (Fsp3) is 1.00. The normalized spacial score (nSPS) is 14.1. The second kappa shape index (κ2) is 20.8. The Balaban J connectivity index is -0.0000000655. The Kier molecular flexibility index (Phi) is 32.9. The molecule has 0 rings (SSSR count). The topological polar surface area (TPSA) is 69.2 Å². The Morgan fingerprint density at radius 3 is 0.688 bits per heavy atom. The first-order chi connectivity index (χ1) is 6.81. The van der Waals surface area contributed by atoms with Crippen LogP contribution in [0, 0.1) is 0 Å². The summed E-state index contributed by atoms with van der Waals surface area (Å²) in [5.41, 5.74) is 0. The standard InChI is InChI=1S/3C4H9O.Al/c3*1-3-4(2)5;/h3*4H,3H2,1-2H3;/q3*-1;+3/t3*4-;/m000./s1. The van der Waals surface area contributed by atoms with Crippen molar-refractivity contribution in [3.05, 3.63) is 0 Å². The van der Waals surface area contributed by atoms with Crippen molar-refractivity contribution in [2.24, 2.45) is 0 Å². The van der Waals surface area contributed by atoms with Gasteiger partial charge in [-0.2, -0.15) is 0 Å². The largest absolute Gasteiger partial charge is 3.00 e. The molecular formula is C12H27AlO3. The van der Waals surface area contributed by atoms with Crippen molar-refractivity contribution in [1.82, 2.24) is 0 Å². The molecule has 0 spiro atoms. The fourth-order valence-electron chi connectivity index (χ4n) is 0. The van der Waals surface area contributed by atoms with Crippen LogP contribution in [0.3, 0.4) is 0 Å². The summed E-state index contributed by atoms with van der Waals surface area (Å²) in [4.78, 5) is 0. The van der Waals surface area contributed by atoms with Crippen LogP contribution in [0.4, 0.5) is 0 Å². The van der Waals surface area contributed by atoms with Gasteiger partial charge in [-0.1, -0.05) is 60.8 Å². The molecule has 0 aromatic carbocycles. The van der Waals surface area contributed by atoms with Gasteiger partial charge in [-0.25, -0.2) is 0 Å². The first-order valence-corrected chi connectivity index (χ1v) is 5.79. The Morgan fingerprint density at radius 1 is 0.625 bits per heavy atom. The second-order valence-corrected chi connectivity index (χ2v) is 3.66. The van der Waals surface area contributed by atoms with Crippen LogP contribution < -0.4 is 15.3 Å². The maximum atomic E-state index is 9.90. The third-order valence-electron chi connectivity index (χ3n) is 1.72. The van der Waals surface area contributed by atoms with Gasteiger partial charge >= 0.3 is 17.4 Å². The Hall–Kier alpha value is 0.412. The van der Waals surface area contributed by atoms with Crippen molar-refractivity contribution in [1.29, 1.82) is 0 Å². The van der Waals surface area contributed by atoms with E-state index in [0.29, 0.717) is 0 Å². The molecular weight excluding hydrogens is 219 g/mol. The first-order valence-electron chi connectivity index (χ1n) is 5.79. The van der Waals surface area contributed by atoms with E-state index in [2.05, 4.69) is 0 Å². The molecule has 3 atom stereocenters. The molecule has 0 heterocycles. The van der Waals surface area contributed by atoms with E-state index in [9.17, 15) is 15.3 Å². The Labute approximate surface area is 112 Å². The van der Waals surface area contributed by atoms with Gasteiger partial charge in [0.05, 0.1) is 0 Å². The smallest absolute Gasteiger partial charge is 0.852 e. The molecule has 0 amide bonds. The molecule has 96 valence electrons. The quantitative estimate of drug-likeness (QED) is 0.661. The van der Waals surface area contributed by atoms with Crippen LogP contribution in [0.5, 0.6) is 0 Å². The summed E-state index contributed by atoms with van der Waals surface area (Å²) in [5.74, 6) is 0. The van der Waals surface area contributed by atoms with Gasteiger partial charge in [0.15, 0.2) is 0 Å². The van der Waals surface area contributed by atoms with Crippen LogP contribution in [-0.4, -0.2) is 35.7 Å². The van der Waals surface area contributed by atoms with Crippen molar-refractivity contribution in [2.75, 3.05) is 0 Å². The van der Waals surface area contributed by atoms with Gasteiger partial charge in [0, 0.05) is 0 Å². The molecule has 0 saturated carbocycles. The summed E-state index contributed by atoms with van der Waals surface area (Å²) in [6, 6.07) is 0. The minimum atomic E-state index is -0.366. The zero-order valence-corrected chi connectivity index (χ0v) is 12.8. The van der Waals surface area contributed by atoms with Crippen molar-refractivity contribution in [3.8, 4) is 0 Å². The van der Waals surface area contributed by atoms with Gasteiger partial charge in [0.1, 0.15) is 0 Å². The van der Waals surface area contributed by atoms with Crippen LogP contribution in [-0.2, 0) is 0 Å². The summed E-state index contributed by atoms with van der Waals surface area (Å²) < 4.78 is 0. The van der Waals surface area contributed by atoms with Crippen molar-refractivity contribution in [2.45, 2.75) is 79.1 Å². The minimum Gasteiger partial charge on any atom is -0.852 e.